The molecule has 0 aliphatic rings. The van der Waals surface area contributed by atoms with Crippen molar-refractivity contribution in [1.29, 1.82) is 0 Å². The van der Waals surface area contributed by atoms with Gasteiger partial charge in [-0.25, -0.2) is 0 Å². The summed E-state index contributed by atoms with van der Waals surface area (Å²) in [6, 6.07) is 0. The van der Waals surface area contributed by atoms with Crippen LogP contribution in [0.5, 0.6) is 0 Å². The summed E-state index contributed by atoms with van der Waals surface area (Å²) in [6.07, 6.45) is 0. The number of hydrogen-bond donors (Lipinski definition) is 0. The monoisotopic (exact) mass is 177 g/mol. The van der Waals surface area contributed by atoms with E-state index in [1.54, 1.807) is 0 Å². The molecule has 0 aliphatic carbocycles. The summed E-state index contributed by atoms with van der Waals surface area (Å²) in [7, 11) is 4.76. The number of halogens is 2. The molecule has 0 saturated heterocycles. The predicted molar refractivity (Wildman–Crippen MR) is 21.6 cm³/mol. The molecule has 0 aromatic heterocycles. The van der Waals surface area contributed by atoms with Gasteiger partial charge in [0.2, 0.25) is 0 Å². The van der Waals surface area contributed by atoms with Crippen LogP contribution in [0, 0.1) is 0 Å². The molecule has 4 heteroatoms. The molecule has 4 heavy (non-hydrogen) atoms. The van der Waals surface area contributed by atoms with Gasteiger partial charge in [0, 0.05) is 0 Å². The molecule has 0 amide bonds. The summed E-state index contributed by atoms with van der Waals surface area (Å²) in [5.74, 6) is 0. The average molecular weight is 179 g/mol. The van der Waals surface area contributed by atoms with Crippen LogP contribution in [0.4, 0.5) is 0 Å². The van der Waals surface area contributed by atoms with Gasteiger partial charge in [-0.3, -0.25) is 0 Å². The summed E-state index contributed by atoms with van der Waals surface area (Å²) in [6.45, 7) is 0. The van der Waals surface area contributed by atoms with Gasteiger partial charge >= 0.3 is 64.7 Å². The Kier molecular flexibility index (Phi) is 72.1. The van der Waals surface area contributed by atoms with Gasteiger partial charge in [0.25, 0.3) is 0 Å². The van der Waals surface area contributed by atoms with Crippen LogP contribution < -0.4 is 0 Å². The molecule has 0 spiro atoms. The van der Waals surface area contributed by atoms with Crippen molar-refractivity contribution < 1.29 is 17.3 Å². The quantitative estimate of drug-likeness (QED) is 0.466. The summed E-state index contributed by atoms with van der Waals surface area (Å²) in [5, 5.41) is 0. The Morgan fingerprint density at radius 1 is 1.25 bits per heavy atom. The Morgan fingerprint density at radius 3 is 1.25 bits per heavy atom. The Balaban J connectivity index is -0.00000000500. The number of rotatable bonds is 0. The molecule has 0 aliphatic heterocycles. The summed E-state index contributed by atoms with van der Waals surface area (Å²) in [4.78, 5) is 0. The minimum absolute atomic E-state index is 0. The fourth-order valence-electron chi connectivity index (χ4n) is 0. The van der Waals surface area contributed by atoms with Crippen molar-refractivity contribution in [2.24, 2.45) is 0 Å². The zero-order valence-electron chi connectivity index (χ0n) is 1.49. The zero-order chi connectivity index (χ0) is 2.00. The molecule has 0 heterocycles. The van der Waals surface area contributed by atoms with E-state index in [4.69, 9.17) is 9.69 Å². The maximum absolute atomic E-state index is 4.76. The first-order valence-corrected chi connectivity index (χ1v) is 4.17. The van der Waals surface area contributed by atoms with Crippen molar-refractivity contribution in [3.63, 3.8) is 0 Å². The Bertz CT molecular complexity index is 6.00. The summed E-state index contributed by atoms with van der Waals surface area (Å²) < 4.78 is 0. The van der Waals surface area contributed by atoms with E-state index in [1.807, 2.05) is 0 Å². The number of hydrogen-bond acceptors (Lipinski definition) is 0. The van der Waals surface area contributed by atoms with E-state index < -0.39 is 0 Å². The van der Waals surface area contributed by atoms with E-state index in [0.717, 1.165) is 17.3 Å². The SMILES string of the molecule is Cl.[CaH2].[Cl][Zn]. The average Bonchev–Trinajstić information content (AvgIpc) is 1.00. The van der Waals surface area contributed by atoms with Crippen molar-refractivity contribution in [3.8, 4) is 0 Å². The second-order valence-electron chi connectivity index (χ2n) is 0. The topological polar surface area (TPSA) is 0 Å². The van der Waals surface area contributed by atoms with Gasteiger partial charge in [-0.15, -0.1) is 12.4 Å². The maximum atomic E-state index is 4.76. The second kappa shape index (κ2) is 17.9. The first kappa shape index (κ1) is 16.1. The molecular weight excluding hydrogens is 176 g/mol. The third-order valence-electron chi connectivity index (χ3n) is 0. The van der Waals surface area contributed by atoms with Crippen molar-refractivity contribution >= 4 is 59.8 Å². The van der Waals surface area contributed by atoms with Crippen molar-refractivity contribution in [1.82, 2.24) is 0 Å². The van der Waals surface area contributed by atoms with E-state index in [9.17, 15) is 0 Å². The van der Waals surface area contributed by atoms with Gasteiger partial charge in [0.15, 0.2) is 0 Å². The first-order chi connectivity index (χ1) is 1.00. The molecule has 0 bridgehead atoms. The molecule has 0 N–H and O–H groups in total. The van der Waals surface area contributed by atoms with Crippen LogP contribution in [0.15, 0.2) is 0 Å². The van der Waals surface area contributed by atoms with Gasteiger partial charge in [0.1, 0.15) is 0 Å². The van der Waals surface area contributed by atoms with Crippen molar-refractivity contribution in [2.45, 2.75) is 0 Å². The molecule has 0 aromatic carbocycles. The Hall–Kier alpha value is 2.46. The van der Waals surface area contributed by atoms with Crippen LogP contribution in [0.1, 0.15) is 0 Å². The van der Waals surface area contributed by atoms with Crippen LogP contribution in [0.3, 0.4) is 0 Å². The van der Waals surface area contributed by atoms with Crippen LogP contribution >= 0.6 is 22.1 Å². The minimum atomic E-state index is 0. The van der Waals surface area contributed by atoms with Gasteiger partial charge in [-0.2, -0.15) is 0 Å². The fraction of sp³-hybridized carbons (Fsp3) is 0. The van der Waals surface area contributed by atoms with Crippen molar-refractivity contribution in [2.75, 3.05) is 0 Å². The van der Waals surface area contributed by atoms with Gasteiger partial charge in [-0.05, 0) is 0 Å². The molecule has 21 valence electrons. The van der Waals surface area contributed by atoms with Gasteiger partial charge < -0.3 is 0 Å². The van der Waals surface area contributed by atoms with Crippen LogP contribution in [0.25, 0.3) is 0 Å². The molecule has 0 rings (SSSR count). The predicted octanol–water partition coefficient (Wildman–Crippen LogP) is 0.193. The molecule has 0 radical (unpaired) electrons. The Labute approximate surface area is 75.8 Å². The standard InChI is InChI=1S/Ca.2ClH.Zn.2H/h;2*1H;;;/q;;;+1;;/p-1. The van der Waals surface area contributed by atoms with E-state index >= 15 is 0 Å². The normalized spacial score (nSPS) is 1.75. The van der Waals surface area contributed by atoms with E-state index in [0.29, 0.717) is 0 Å². The third-order valence-corrected chi connectivity index (χ3v) is 0. The Morgan fingerprint density at radius 2 is 1.25 bits per heavy atom. The molecule has 0 aromatic rings. The van der Waals surface area contributed by atoms with Crippen LogP contribution in [-0.2, 0) is 17.3 Å². The third kappa shape index (κ3) is 8.82. The van der Waals surface area contributed by atoms with E-state index in [-0.39, 0.29) is 50.1 Å². The van der Waals surface area contributed by atoms with Crippen LogP contribution in [0.2, 0.25) is 0 Å². The molecule has 0 atom stereocenters. The molecule has 0 fully saturated rings. The molecule has 0 nitrogen and oxygen atoms in total. The van der Waals surface area contributed by atoms with E-state index in [2.05, 4.69) is 0 Å². The van der Waals surface area contributed by atoms with Gasteiger partial charge in [0.05, 0.1) is 0 Å². The molecular formula is H3CaCl2Zn. The molecule has 0 saturated carbocycles. The van der Waals surface area contributed by atoms with Crippen LogP contribution in [-0.4, -0.2) is 37.7 Å². The van der Waals surface area contributed by atoms with Crippen molar-refractivity contribution in [3.05, 3.63) is 0 Å². The fourth-order valence-corrected chi connectivity index (χ4v) is 0. The second-order valence-corrected chi connectivity index (χ2v) is 0. The summed E-state index contributed by atoms with van der Waals surface area (Å²) in [5.41, 5.74) is 0. The van der Waals surface area contributed by atoms with E-state index in [1.165, 1.54) is 0 Å². The molecule has 0 unspecified atom stereocenters. The zero-order valence-corrected chi connectivity index (χ0v) is 6.03. The van der Waals surface area contributed by atoms with Gasteiger partial charge in [-0.1, -0.05) is 0 Å². The first-order valence-electron chi connectivity index (χ1n) is 0.267. The summed E-state index contributed by atoms with van der Waals surface area (Å²) >= 11 is 0.847.